The minimum atomic E-state index is 0.643. The number of piperazine rings is 1. The Kier molecular flexibility index (Phi) is 4.75. The van der Waals surface area contributed by atoms with Crippen LogP contribution in [0.25, 0.3) is 6.08 Å². The zero-order chi connectivity index (χ0) is 17.9. The van der Waals surface area contributed by atoms with E-state index in [1.807, 2.05) is 6.20 Å². The molecule has 4 rings (SSSR count). The maximum Gasteiger partial charge on any atom is 0.229 e. The summed E-state index contributed by atoms with van der Waals surface area (Å²) in [5.41, 5.74) is 3.36. The van der Waals surface area contributed by atoms with E-state index in [0.29, 0.717) is 5.95 Å². The lowest BCUT2D eigenvalue weighted by molar-refractivity contribution is 0.313. The van der Waals surface area contributed by atoms with Gasteiger partial charge in [-0.2, -0.15) is 4.98 Å². The number of hydrogen-bond donors (Lipinski definition) is 1. The number of nitrogens with one attached hydrogen (secondary N) is 1. The first-order valence-electron chi connectivity index (χ1n) is 9.32. The van der Waals surface area contributed by atoms with Crippen LogP contribution in [0, 0.1) is 0 Å². The number of benzene rings is 1. The Balaban J connectivity index is 1.47. The van der Waals surface area contributed by atoms with Gasteiger partial charge in [0.1, 0.15) is 5.82 Å². The molecule has 0 bridgehead atoms. The van der Waals surface area contributed by atoms with Gasteiger partial charge < -0.3 is 20.0 Å². The Morgan fingerprint density at radius 2 is 1.85 bits per heavy atom. The first-order chi connectivity index (χ1) is 12.7. The minimum absolute atomic E-state index is 0.643. The van der Waals surface area contributed by atoms with Gasteiger partial charge in [-0.25, -0.2) is 4.98 Å². The van der Waals surface area contributed by atoms with E-state index in [0.717, 1.165) is 56.3 Å². The van der Waals surface area contributed by atoms with Crippen molar-refractivity contribution in [2.75, 3.05) is 61.4 Å². The molecule has 1 aromatic carbocycles. The van der Waals surface area contributed by atoms with Crippen LogP contribution < -0.4 is 15.1 Å². The molecule has 0 spiro atoms. The molecule has 1 saturated heterocycles. The highest BCUT2D eigenvalue weighted by Gasteiger charge is 2.16. The summed E-state index contributed by atoms with van der Waals surface area (Å²) < 4.78 is 0. The van der Waals surface area contributed by atoms with Gasteiger partial charge in [-0.1, -0.05) is 12.2 Å². The average molecular weight is 350 g/mol. The minimum Gasteiger partial charge on any atom is -0.369 e. The van der Waals surface area contributed by atoms with Gasteiger partial charge in [0.05, 0.1) is 0 Å². The highest BCUT2D eigenvalue weighted by molar-refractivity contribution is 5.69. The summed E-state index contributed by atoms with van der Waals surface area (Å²) in [6.45, 7) is 8.38. The normalized spacial score (nSPS) is 17.3. The average Bonchev–Trinajstić information content (AvgIpc) is 2.69. The van der Waals surface area contributed by atoms with Crippen LogP contribution in [0.15, 0.2) is 36.5 Å². The van der Waals surface area contributed by atoms with Crippen molar-refractivity contribution in [3.63, 3.8) is 0 Å². The van der Waals surface area contributed by atoms with Crippen molar-refractivity contribution in [3.05, 3.63) is 42.1 Å². The molecule has 1 N–H and O–H groups in total. The van der Waals surface area contributed by atoms with Gasteiger partial charge in [-0.05, 0) is 38.2 Å². The highest BCUT2D eigenvalue weighted by Crippen LogP contribution is 2.26. The highest BCUT2D eigenvalue weighted by atomic mass is 15.3. The van der Waals surface area contributed by atoms with Gasteiger partial charge >= 0.3 is 0 Å². The lowest BCUT2D eigenvalue weighted by Gasteiger charge is -2.34. The summed E-state index contributed by atoms with van der Waals surface area (Å²) >= 11 is 0. The van der Waals surface area contributed by atoms with E-state index < -0.39 is 0 Å². The predicted molar refractivity (Wildman–Crippen MR) is 108 cm³/mol. The maximum atomic E-state index is 4.72. The molecule has 1 fully saturated rings. The van der Waals surface area contributed by atoms with Gasteiger partial charge in [-0.15, -0.1) is 0 Å². The molecule has 3 heterocycles. The molecule has 0 aliphatic carbocycles. The number of hydrogen-bond acceptors (Lipinski definition) is 6. The second-order valence-corrected chi connectivity index (χ2v) is 6.88. The molecule has 0 saturated carbocycles. The van der Waals surface area contributed by atoms with Gasteiger partial charge in [0.2, 0.25) is 5.95 Å². The lowest BCUT2D eigenvalue weighted by atomic mass is 10.2. The summed E-state index contributed by atoms with van der Waals surface area (Å²) in [5.74, 6) is 1.64. The number of anilines is 4. The number of likely N-dealkylation sites (N-methyl/N-ethyl adjacent to an activating group) is 2. The number of rotatable bonds is 4. The summed E-state index contributed by atoms with van der Waals surface area (Å²) in [7, 11) is 2.18. The molecular formula is C20H26N6. The third-order valence-electron chi connectivity index (χ3n) is 5.09. The van der Waals surface area contributed by atoms with Crippen LogP contribution in [0.2, 0.25) is 0 Å². The topological polar surface area (TPSA) is 47.5 Å². The second-order valence-electron chi connectivity index (χ2n) is 6.88. The van der Waals surface area contributed by atoms with Gasteiger partial charge in [0.25, 0.3) is 0 Å². The quantitative estimate of drug-likeness (QED) is 0.915. The zero-order valence-corrected chi connectivity index (χ0v) is 15.5. The molecule has 2 aliphatic rings. The Hall–Kier alpha value is -2.60. The monoisotopic (exact) mass is 350 g/mol. The number of nitrogens with zero attached hydrogens (tertiary/aromatic N) is 5. The van der Waals surface area contributed by atoms with E-state index in [2.05, 4.69) is 75.4 Å². The second kappa shape index (κ2) is 7.33. The molecule has 1 aromatic heterocycles. The summed E-state index contributed by atoms with van der Waals surface area (Å²) in [5, 5.41) is 3.34. The third kappa shape index (κ3) is 3.51. The van der Waals surface area contributed by atoms with Crippen molar-refractivity contribution in [1.29, 1.82) is 0 Å². The molecule has 6 heteroatoms. The Morgan fingerprint density at radius 1 is 1.08 bits per heavy atom. The Morgan fingerprint density at radius 3 is 2.58 bits per heavy atom. The van der Waals surface area contributed by atoms with Crippen molar-refractivity contribution in [2.24, 2.45) is 0 Å². The molecule has 2 aromatic rings. The molecule has 136 valence electrons. The predicted octanol–water partition coefficient (Wildman–Crippen LogP) is 2.83. The van der Waals surface area contributed by atoms with Crippen LogP contribution in [0.1, 0.15) is 12.5 Å². The van der Waals surface area contributed by atoms with Crippen LogP contribution in [0.4, 0.5) is 23.1 Å². The first kappa shape index (κ1) is 16.8. The SMILES string of the molecule is CCN1CC=Cc2cnc(Nc3ccc(N4CCN(C)CC4)cc3)nc21. The lowest BCUT2D eigenvalue weighted by Crippen LogP contribution is -2.44. The molecule has 0 radical (unpaired) electrons. The van der Waals surface area contributed by atoms with Crippen LogP contribution in [0.5, 0.6) is 0 Å². The molecule has 0 atom stereocenters. The maximum absolute atomic E-state index is 4.72. The van der Waals surface area contributed by atoms with E-state index in [9.17, 15) is 0 Å². The number of fused-ring (bicyclic) bond motifs is 1. The van der Waals surface area contributed by atoms with Crippen molar-refractivity contribution >= 4 is 29.2 Å². The zero-order valence-electron chi connectivity index (χ0n) is 15.5. The van der Waals surface area contributed by atoms with Crippen LogP contribution >= 0.6 is 0 Å². The fourth-order valence-corrected chi connectivity index (χ4v) is 3.43. The standard InChI is InChI=1S/C20H26N6/c1-3-25-10-4-5-16-15-21-20(23-19(16)25)22-17-6-8-18(9-7-17)26-13-11-24(2)12-14-26/h4-9,15H,3,10-14H2,1-2H3,(H,21,22,23). The summed E-state index contributed by atoms with van der Waals surface area (Å²) in [6, 6.07) is 8.56. The van der Waals surface area contributed by atoms with Crippen molar-refractivity contribution in [1.82, 2.24) is 14.9 Å². The molecule has 0 unspecified atom stereocenters. The van der Waals surface area contributed by atoms with Gasteiger partial charge in [0, 0.05) is 62.4 Å². The molecule has 6 nitrogen and oxygen atoms in total. The molecule has 26 heavy (non-hydrogen) atoms. The smallest absolute Gasteiger partial charge is 0.229 e. The van der Waals surface area contributed by atoms with Gasteiger partial charge in [0.15, 0.2) is 0 Å². The summed E-state index contributed by atoms with van der Waals surface area (Å²) in [6.07, 6.45) is 6.14. The fraction of sp³-hybridized carbons (Fsp3) is 0.400. The Bertz CT molecular complexity index is 777. The van der Waals surface area contributed by atoms with E-state index >= 15 is 0 Å². The van der Waals surface area contributed by atoms with Crippen molar-refractivity contribution < 1.29 is 0 Å². The van der Waals surface area contributed by atoms with E-state index in [-0.39, 0.29) is 0 Å². The largest absolute Gasteiger partial charge is 0.369 e. The van der Waals surface area contributed by atoms with E-state index in [4.69, 9.17) is 4.98 Å². The van der Waals surface area contributed by atoms with Crippen LogP contribution in [-0.2, 0) is 0 Å². The van der Waals surface area contributed by atoms with E-state index in [1.165, 1.54) is 5.69 Å². The number of aromatic nitrogens is 2. The van der Waals surface area contributed by atoms with E-state index in [1.54, 1.807) is 0 Å². The molecule has 0 amide bonds. The fourth-order valence-electron chi connectivity index (χ4n) is 3.43. The van der Waals surface area contributed by atoms with Crippen molar-refractivity contribution in [2.45, 2.75) is 6.92 Å². The Labute approximate surface area is 155 Å². The van der Waals surface area contributed by atoms with Crippen LogP contribution in [-0.4, -0.2) is 61.2 Å². The first-order valence-corrected chi connectivity index (χ1v) is 9.32. The third-order valence-corrected chi connectivity index (χ3v) is 5.09. The molecule has 2 aliphatic heterocycles. The molecular weight excluding hydrogens is 324 g/mol. The summed E-state index contributed by atoms with van der Waals surface area (Å²) in [4.78, 5) is 16.2. The van der Waals surface area contributed by atoms with Gasteiger partial charge in [-0.3, -0.25) is 0 Å². The van der Waals surface area contributed by atoms with Crippen LogP contribution in [0.3, 0.4) is 0 Å². The van der Waals surface area contributed by atoms with Crippen molar-refractivity contribution in [3.8, 4) is 0 Å².